The van der Waals surface area contributed by atoms with E-state index in [-0.39, 0.29) is 17.5 Å². The van der Waals surface area contributed by atoms with Crippen molar-refractivity contribution in [2.45, 2.75) is 12.3 Å². The molecule has 1 fully saturated rings. The van der Waals surface area contributed by atoms with Crippen LogP contribution < -0.4 is 5.32 Å². The first-order chi connectivity index (χ1) is 14.1. The number of amides is 1. The summed E-state index contributed by atoms with van der Waals surface area (Å²) in [6.07, 6.45) is 9.08. The van der Waals surface area contributed by atoms with E-state index in [2.05, 4.69) is 27.8 Å². The van der Waals surface area contributed by atoms with Crippen LogP contribution in [-0.4, -0.2) is 33.9 Å². The van der Waals surface area contributed by atoms with Gasteiger partial charge in [-0.15, -0.1) is 6.42 Å². The van der Waals surface area contributed by atoms with Gasteiger partial charge in [-0.05, 0) is 48.4 Å². The van der Waals surface area contributed by atoms with Crippen LogP contribution in [0.15, 0.2) is 55.4 Å². The molecule has 0 radical (unpaired) electrons. The van der Waals surface area contributed by atoms with Crippen molar-refractivity contribution in [2.24, 2.45) is 0 Å². The van der Waals surface area contributed by atoms with Crippen molar-refractivity contribution in [1.82, 2.24) is 14.9 Å². The molecule has 0 bridgehead atoms. The fraction of sp³-hybridized carbons (Fsp3) is 0.174. The lowest BCUT2D eigenvalue weighted by molar-refractivity contribution is -0.125. The number of carbonyl (C=O) groups is 1. The Morgan fingerprint density at radius 2 is 2.17 bits per heavy atom. The van der Waals surface area contributed by atoms with Gasteiger partial charge < -0.3 is 10.2 Å². The number of hydrogen-bond acceptors (Lipinski definition) is 4. The molecule has 1 amide bonds. The molecule has 5 nitrogen and oxygen atoms in total. The smallest absolute Gasteiger partial charge is 0.245 e. The lowest BCUT2D eigenvalue weighted by atomic mass is 9.97. The van der Waals surface area contributed by atoms with Crippen molar-refractivity contribution < 1.29 is 9.18 Å². The van der Waals surface area contributed by atoms with Crippen molar-refractivity contribution in [3.8, 4) is 12.3 Å². The Labute approximate surface area is 168 Å². The number of hydrogen-bond donors (Lipinski definition) is 1. The summed E-state index contributed by atoms with van der Waals surface area (Å²) in [4.78, 5) is 22.3. The van der Waals surface area contributed by atoms with Gasteiger partial charge in [-0.3, -0.25) is 4.79 Å². The third-order valence-electron chi connectivity index (χ3n) is 5.19. The second-order valence-corrected chi connectivity index (χ2v) is 6.94. The molecule has 29 heavy (non-hydrogen) atoms. The Balaban J connectivity index is 1.68. The van der Waals surface area contributed by atoms with Crippen molar-refractivity contribution in [2.75, 3.05) is 18.4 Å². The Morgan fingerprint density at radius 1 is 1.31 bits per heavy atom. The molecule has 1 aliphatic heterocycles. The molecule has 1 aliphatic rings. The maximum atomic E-state index is 14.2. The van der Waals surface area contributed by atoms with E-state index in [1.165, 1.54) is 18.5 Å². The summed E-state index contributed by atoms with van der Waals surface area (Å²) in [6.45, 7) is 4.90. The number of benzene rings is 2. The van der Waals surface area contributed by atoms with Gasteiger partial charge in [0.15, 0.2) is 0 Å². The lowest BCUT2D eigenvalue weighted by Crippen LogP contribution is -2.26. The Morgan fingerprint density at radius 3 is 2.97 bits per heavy atom. The second kappa shape index (κ2) is 7.72. The number of fused-ring (bicyclic) bond motifs is 1. The Hall–Kier alpha value is -3.72. The number of rotatable bonds is 4. The molecule has 1 saturated heterocycles. The number of halogens is 1. The quantitative estimate of drug-likeness (QED) is 0.544. The molecule has 4 rings (SSSR count). The standard InChI is InChI=1S/C23H19FN4O/c1-3-15-5-7-19(24)21(11-15)27-23-18-12-16(6-8-20(18)25-14-26-23)17-9-10-28(13-17)22(29)4-2/h1,4-8,11-12,14,17H,2,9-10,13H2,(H,25,26,27)/t17-/m0/s1. The highest BCUT2D eigenvalue weighted by molar-refractivity contribution is 5.91. The summed E-state index contributed by atoms with van der Waals surface area (Å²) in [6, 6.07) is 10.4. The molecule has 0 unspecified atom stereocenters. The monoisotopic (exact) mass is 386 g/mol. The van der Waals surface area contributed by atoms with Crippen LogP contribution in [0.2, 0.25) is 0 Å². The number of aromatic nitrogens is 2. The first kappa shape index (κ1) is 18.6. The zero-order valence-electron chi connectivity index (χ0n) is 15.7. The molecule has 6 heteroatoms. The van der Waals surface area contributed by atoms with Gasteiger partial charge in [0, 0.05) is 30.0 Å². The molecule has 1 atom stereocenters. The summed E-state index contributed by atoms with van der Waals surface area (Å²) in [5, 5.41) is 3.83. The number of carbonyl (C=O) groups excluding carboxylic acids is 1. The molecule has 1 N–H and O–H groups in total. The van der Waals surface area contributed by atoms with Crippen LogP contribution in [0.4, 0.5) is 15.9 Å². The largest absolute Gasteiger partial charge is 0.339 e. The molecular formula is C23H19FN4O. The topological polar surface area (TPSA) is 58.1 Å². The van der Waals surface area contributed by atoms with Gasteiger partial charge in [0.2, 0.25) is 5.91 Å². The molecular weight excluding hydrogens is 367 g/mol. The van der Waals surface area contributed by atoms with Crippen molar-refractivity contribution in [3.63, 3.8) is 0 Å². The minimum absolute atomic E-state index is 0.0529. The summed E-state index contributed by atoms with van der Waals surface area (Å²) >= 11 is 0. The highest BCUT2D eigenvalue weighted by Gasteiger charge is 2.26. The van der Waals surface area contributed by atoms with Gasteiger partial charge in [-0.1, -0.05) is 18.6 Å². The van der Waals surface area contributed by atoms with Gasteiger partial charge in [0.05, 0.1) is 11.2 Å². The van der Waals surface area contributed by atoms with Crippen LogP contribution >= 0.6 is 0 Å². The summed E-state index contributed by atoms with van der Waals surface area (Å²) in [5.74, 6) is 2.76. The van der Waals surface area contributed by atoms with E-state index in [1.807, 2.05) is 18.2 Å². The highest BCUT2D eigenvalue weighted by atomic mass is 19.1. The minimum atomic E-state index is -0.415. The minimum Gasteiger partial charge on any atom is -0.339 e. The van der Waals surface area contributed by atoms with Gasteiger partial charge >= 0.3 is 0 Å². The summed E-state index contributed by atoms with van der Waals surface area (Å²) < 4.78 is 14.2. The third-order valence-corrected chi connectivity index (χ3v) is 5.19. The van der Waals surface area contributed by atoms with Gasteiger partial charge in [0.1, 0.15) is 18.0 Å². The Bertz CT molecular complexity index is 1150. The van der Waals surface area contributed by atoms with Crippen LogP contribution in [0, 0.1) is 18.2 Å². The van der Waals surface area contributed by atoms with E-state index in [0.717, 1.165) is 22.9 Å². The molecule has 2 heterocycles. The average Bonchev–Trinajstić information content (AvgIpc) is 3.25. The Kier molecular flexibility index (Phi) is 4.96. The molecule has 0 spiro atoms. The first-order valence-electron chi connectivity index (χ1n) is 9.28. The van der Waals surface area contributed by atoms with E-state index in [4.69, 9.17) is 6.42 Å². The number of likely N-dealkylation sites (tertiary alicyclic amines) is 1. The van der Waals surface area contributed by atoms with Crippen molar-refractivity contribution >= 4 is 28.3 Å². The van der Waals surface area contributed by atoms with Crippen molar-refractivity contribution in [1.29, 1.82) is 0 Å². The van der Waals surface area contributed by atoms with Crippen LogP contribution in [0.5, 0.6) is 0 Å². The van der Waals surface area contributed by atoms with E-state index in [9.17, 15) is 9.18 Å². The summed E-state index contributed by atoms with van der Waals surface area (Å²) in [7, 11) is 0. The molecule has 3 aromatic rings. The number of terminal acetylenes is 1. The van der Waals surface area contributed by atoms with Gasteiger partial charge in [0.25, 0.3) is 0 Å². The van der Waals surface area contributed by atoms with Crippen LogP contribution in [0.1, 0.15) is 23.5 Å². The molecule has 144 valence electrons. The van der Waals surface area contributed by atoms with E-state index in [0.29, 0.717) is 24.5 Å². The number of nitrogens with zero attached hydrogens (tertiary/aromatic N) is 3. The molecule has 2 aromatic carbocycles. The van der Waals surface area contributed by atoms with E-state index in [1.54, 1.807) is 17.0 Å². The molecule has 0 aliphatic carbocycles. The molecule has 0 saturated carbocycles. The third kappa shape index (κ3) is 3.67. The first-order valence-corrected chi connectivity index (χ1v) is 9.28. The zero-order chi connectivity index (χ0) is 20.4. The maximum absolute atomic E-state index is 14.2. The summed E-state index contributed by atoms with van der Waals surface area (Å²) in [5.41, 5.74) is 2.67. The maximum Gasteiger partial charge on any atom is 0.245 e. The fourth-order valence-electron chi connectivity index (χ4n) is 3.63. The average molecular weight is 386 g/mol. The van der Waals surface area contributed by atoms with Crippen molar-refractivity contribution in [3.05, 3.63) is 72.3 Å². The predicted octanol–water partition coefficient (Wildman–Crippen LogP) is 4.00. The fourth-order valence-corrected chi connectivity index (χ4v) is 3.63. The van der Waals surface area contributed by atoms with Crippen LogP contribution in [-0.2, 0) is 4.79 Å². The van der Waals surface area contributed by atoms with E-state index < -0.39 is 5.82 Å². The SMILES string of the molecule is C#Cc1ccc(F)c(Nc2ncnc3ccc([C@H]4CCN(C(=O)C=C)C4)cc23)c1. The number of nitrogens with one attached hydrogen (secondary N) is 1. The highest BCUT2D eigenvalue weighted by Crippen LogP contribution is 2.32. The lowest BCUT2D eigenvalue weighted by Gasteiger charge is -2.15. The molecule has 1 aromatic heterocycles. The van der Waals surface area contributed by atoms with Gasteiger partial charge in [-0.2, -0.15) is 0 Å². The predicted molar refractivity (Wildman–Crippen MR) is 111 cm³/mol. The van der Waals surface area contributed by atoms with Gasteiger partial charge in [-0.25, -0.2) is 14.4 Å². The van der Waals surface area contributed by atoms with Crippen LogP contribution in [0.25, 0.3) is 10.9 Å². The van der Waals surface area contributed by atoms with Crippen LogP contribution in [0.3, 0.4) is 0 Å². The normalized spacial score (nSPS) is 15.9. The van der Waals surface area contributed by atoms with E-state index >= 15 is 0 Å². The second-order valence-electron chi connectivity index (χ2n) is 6.94. The zero-order valence-corrected chi connectivity index (χ0v) is 15.7. The number of anilines is 2.